The molecule has 0 saturated carbocycles. The van der Waals surface area contributed by atoms with Crippen molar-refractivity contribution in [2.45, 2.75) is 64.8 Å². The van der Waals surface area contributed by atoms with E-state index in [-0.39, 0.29) is 36.2 Å². The molecular weight excluding hydrogens is 430 g/mol. The summed E-state index contributed by atoms with van der Waals surface area (Å²) in [6, 6.07) is 7.83. The Morgan fingerprint density at radius 2 is 1.84 bits per heavy atom. The number of likely N-dealkylation sites (tertiary alicyclic amines) is 1. The van der Waals surface area contributed by atoms with E-state index < -0.39 is 28.2 Å². The zero-order chi connectivity index (χ0) is 23.6. The van der Waals surface area contributed by atoms with Gasteiger partial charge in [-0.3, -0.25) is 9.59 Å². The third-order valence-corrected chi connectivity index (χ3v) is 7.83. The number of ether oxygens (including phenoxy) is 1. The van der Waals surface area contributed by atoms with Crippen LogP contribution in [-0.2, 0) is 19.6 Å². The highest BCUT2D eigenvalue weighted by molar-refractivity contribution is 7.88. The second kappa shape index (κ2) is 9.79. The van der Waals surface area contributed by atoms with E-state index in [4.69, 9.17) is 4.74 Å². The summed E-state index contributed by atoms with van der Waals surface area (Å²) >= 11 is 0. The number of carbonyl (C=O) groups is 2. The number of sulfonamides is 1. The highest BCUT2D eigenvalue weighted by atomic mass is 32.2. The van der Waals surface area contributed by atoms with Crippen molar-refractivity contribution in [2.24, 2.45) is 11.8 Å². The van der Waals surface area contributed by atoms with Gasteiger partial charge in [-0.05, 0) is 30.9 Å². The molecular formula is C23H35N3O5S. The van der Waals surface area contributed by atoms with Gasteiger partial charge in [0.1, 0.15) is 17.9 Å². The van der Waals surface area contributed by atoms with Gasteiger partial charge in [0.15, 0.2) is 0 Å². The van der Waals surface area contributed by atoms with Gasteiger partial charge in [0.2, 0.25) is 21.8 Å². The van der Waals surface area contributed by atoms with Crippen LogP contribution in [0.2, 0.25) is 0 Å². The fourth-order valence-corrected chi connectivity index (χ4v) is 5.71. The number of amides is 2. The third-order valence-electron chi connectivity index (χ3n) is 6.56. The highest BCUT2D eigenvalue weighted by Crippen LogP contribution is 2.36. The Hall–Kier alpha value is -2.13. The van der Waals surface area contributed by atoms with Crippen LogP contribution in [0.25, 0.3) is 0 Å². The Labute approximate surface area is 191 Å². The summed E-state index contributed by atoms with van der Waals surface area (Å²) in [4.78, 5) is 27.9. The second-order valence-corrected chi connectivity index (χ2v) is 11.2. The van der Waals surface area contributed by atoms with Crippen molar-refractivity contribution in [2.75, 3.05) is 19.3 Å². The molecule has 1 aromatic rings. The van der Waals surface area contributed by atoms with Crippen molar-refractivity contribution < 1.29 is 22.7 Å². The minimum absolute atomic E-state index is 0.101. The van der Waals surface area contributed by atoms with Gasteiger partial charge in [0.05, 0.1) is 24.9 Å². The van der Waals surface area contributed by atoms with E-state index in [1.54, 1.807) is 4.90 Å². The molecule has 2 amide bonds. The molecule has 3 rings (SSSR count). The minimum atomic E-state index is -3.46. The lowest BCUT2D eigenvalue weighted by molar-refractivity contribution is -0.140. The lowest BCUT2D eigenvalue weighted by Gasteiger charge is -2.33. The van der Waals surface area contributed by atoms with Gasteiger partial charge in [-0.1, -0.05) is 45.9 Å². The maximum atomic E-state index is 13.6. The predicted octanol–water partition coefficient (Wildman–Crippen LogP) is 1.87. The van der Waals surface area contributed by atoms with Crippen LogP contribution in [0.3, 0.4) is 0 Å². The molecule has 0 aliphatic carbocycles. The number of hydrogen-bond acceptors (Lipinski definition) is 5. The lowest BCUT2D eigenvalue weighted by atomic mass is 9.99. The SMILES string of the molecule is CC[C@@H](C)C(=O)N[C@H](C(=O)N1CC[C@@H]2[C@H]1[C@@H](Oc1ccccc1)CN2S(C)(=O)=O)C(C)C. The van der Waals surface area contributed by atoms with Crippen molar-refractivity contribution in [3.05, 3.63) is 30.3 Å². The van der Waals surface area contributed by atoms with Crippen LogP contribution >= 0.6 is 0 Å². The number of nitrogens with zero attached hydrogens (tertiary/aromatic N) is 2. The van der Waals surface area contributed by atoms with Crippen LogP contribution in [0, 0.1) is 11.8 Å². The molecule has 9 heteroatoms. The quantitative estimate of drug-likeness (QED) is 0.632. The predicted molar refractivity (Wildman–Crippen MR) is 123 cm³/mol. The van der Waals surface area contributed by atoms with Crippen LogP contribution in [-0.4, -0.2) is 73.0 Å². The molecule has 0 spiro atoms. The number of fused-ring (bicyclic) bond motifs is 1. The van der Waals surface area contributed by atoms with Crippen LogP contribution in [0.15, 0.2) is 30.3 Å². The van der Waals surface area contributed by atoms with Crippen molar-refractivity contribution >= 4 is 21.8 Å². The molecule has 1 aromatic carbocycles. The van der Waals surface area contributed by atoms with Gasteiger partial charge >= 0.3 is 0 Å². The Kier molecular flexibility index (Phi) is 7.50. The molecule has 0 radical (unpaired) electrons. The van der Waals surface area contributed by atoms with E-state index in [1.807, 2.05) is 58.0 Å². The Morgan fingerprint density at radius 3 is 2.41 bits per heavy atom. The monoisotopic (exact) mass is 465 g/mol. The molecule has 0 bridgehead atoms. The average Bonchev–Trinajstić information content (AvgIpc) is 3.32. The Balaban J connectivity index is 1.87. The van der Waals surface area contributed by atoms with Crippen LogP contribution in [0.1, 0.15) is 40.5 Å². The average molecular weight is 466 g/mol. The van der Waals surface area contributed by atoms with E-state index in [1.165, 1.54) is 10.6 Å². The summed E-state index contributed by atoms with van der Waals surface area (Å²) < 4.78 is 32.6. The van der Waals surface area contributed by atoms with Gasteiger partial charge in [-0.15, -0.1) is 0 Å². The molecule has 5 atom stereocenters. The van der Waals surface area contributed by atoms with E-state index in [0.717, 1.165) is 0 Å². The van der Waals surface area contributed by atoms with E-state index in [0.29, 0.717) is 25.1 Å². The molecule has 2 heterocycles. The van der Waals surface area contributed by atoms with Crippen LogP contribution in [0.5, 0.6) is 5.75 Å². The minimum Gasteiger partial charge on any atom is -0.487 e. The van der Waals surface area contributed by atoms with Crippen molar-refractivity contribution in [1.29, 1.82) is 0 Å². The molecule has 0 unspecified atom stereocenters. The molecule has 1 N–H and O–H groups in total. The van der Waals surface area contributed by atoms with Crippen molar-refractivity contribution in [1.82, 2.24) is 14.5 Å². The number of para-hydroxylation sites is 1. The number of benzene rings is 1. The molecule has 2 aliphatic heterocycles. The number of hydrogen-bond donors (Lipinski definition) is 1. The third kappa shape index (κ3) is 5.09. The highest BCUT2D eigenvalue weighted by Gasteiger charge is 2.55. The van der Waals surface area contributed by atoms with Crippen molar-refractivity contribution in [3.63, 3.8) is 0 Å². The number of nitrogens with one attached hydrogen (secondary N) is 1. The molecule has 2 saturated heterocycles. The zero-order valence-electron chi connectivity index (χ0n) is 19.5. The van der Waals surface area contributed by atoms with E-state index in [2.05, 4.69) is 5.32 Å². The van der Waals surface area contributed by atoms with Gasteiger partial charge in [0.25, 0.3) is 0 Å². The fraction of sp³-hybridized carbons (Fsp3) is 0.652. The topological polar surface area (TPSA) is 96.0 Å². The summed E-state index contributed by atoms with van der Waals surface area (Å²) in [5.41, 5.74) is 0. The summed E-state index contributed by atoms with van der Waals surface area (Å²) in [5.74, 6) is 0.0290. The van der Waals surface area contributed by atoms with Crippen LogP contribution < -0.4 is 10.1 Å². The molecule has 0 aromatic heterocycles. The summed E-state index contributed by atoms with van der Waals surface area (Å²) in [7, 11) is -3.46. The van der Waals surface area contributed by atoms with Gasteiger partial charge in [-0.2, -0.15) is 4.31 Å². The number of carbonyl (C=O) groups excluding carboxylic acids is 2. The van der Waals surface area contributed by atoms with E-state index in [9.17, 15) is 18.0 Å². The maximum absolute atomic E-state index is 13.6. The van der Waals surface area contributed by atoms with E-state index >= 15 is 0 Å². The smallest absolute Gasteiger partial charge is 0.245 e. The number of rotatable bonds is 8. The Morgan fingerprint density at radius 1 is 1.19 bits per heavy atom. The normalized spacial score (nSPS) is 25.4. The first-order valence-electron chi connectivity index (χ1n) is 11.3. The largest absolute Gasteiger partial charge is 0.487 e. The van der Waals surface area contributed by atoms with Crippen LogP contribution in [0.4, 0.5) is 0 Å². The van der Waals surface area contributed by atoms with Gasteiger partial charge < -0.3 is 15.0 Å². The fourth-order valence-electron chi connectivity index (χ4n) is 4.57. The first-order chi connectivity index (χ1) is 15.0. The first-order valence-corrected chi connectivity index (χ1v) is 13.2. The first kappa shape index (κ1) is 24.5. The molecule has 8 nitrogen and oxygen atoms in total. The van der Waals surface area contributed by atoms with Gasteiger partial charge in [0, 0.05) is 12.5 Å². The maximum Gasteiger partial charge on any atom is 0.245 e. The van der Waals surface area contributed by atoms with Gasteiger partial charge in [-0.25, -0.2) is 8.42 Å². The van der Waals surface area contributed by atoms with Crippen molar-refractivity contribution in [3.8, 4) is 5.75 Å². The summed E-state index contributed by atoms with van der Waals surface area (Å²) in [6.07, 6.45) is 1.95. The molecule has 178 valence electrons. The molecule has 2 aliphatic rings. The summed E-state index contributed by atoms with van der Waals surface area (Å²) in [6.45, 7) is 8.21. The summed E-state index contributed by atoms with van der Waals surface area (Å²) in [5, 5.41) is 2.93. The second-order valence-electron chi connectivity index (χ2n) is 9.22. The Bertz CT molecular complexity index is 921. The lowest BCUT2D eigenvalue weighted by Crippen LogP contribution is -2.56. The molecule has 32 heavy (non-hydrogen) atoms. The standard InChI is InChI=1S/C23H35N3O5S/c1-6-16(4)22(27)24-20(15(2)3)23(28)25-13-12-18-21(25)19(14-26(18)32(5,29)30)31-17-10-8-7-9-11-17/h7-11,15-16,18-21H,6,12-14H2,1-5H3,(H,24,27)/t16-,18-,19+,20+,21+/m1/s1. The molecule has 2 fully saturated rings. The zero-order valence-corrected chi connectivity index (χ0v) is 20.3.